The molecule has 65 heavy (non-hydrogen) atoms. The van der Waals surface area contributed by atoms with E-state index in [0.29, 0.717) is 21.9 Å². The lowest BCUT2D eigenvalue weighted by molar-refractivity contribution is -0.121. The number of carbonyl (C=O) groups is 2. The highest BCUT2D eigenvalue weighted by Crippen LogP contribution is 2.50. The van der Waals surface area contributed by atoms with E-state index in [1.54, 1.807) is 18.2 Å². The Bertz CT molecular complexity index is 2700. The summed E-state index contributed by atoms with van der Waals surface area (Å²) in [7, 11) is -10.3. The molecule has 9 N–H and O–H groups in total. The minimum atomic E-state index is -5.24. The van der Waals surface area contributed by atoms with Crippen molar-refractivity contribution in [3.8, 4) is 10.4 Å². The molecule has 5 aromatic rings. The lowest BCUT2D eigenvalue weighted by Gasteiger charge is -2.23. The summed E-state index contributed by atoms with van der Waals surface area (Å²) in [5, 5.41) is 14.9. The van der Waals surface area contributed by atoms with E-state index in [2.05, 4.69) is 41.3 Å². The molecule has 0 radical (unpaired) electrons. The Morgan fingerprint density at radius 2 is 1.80 bits per heavy atom. The highest BCUT2D eigenvalue weighted by molar-refractivity contribution is 7.98. The maximum absolute atomic E-state index is 14.3. The van der Waals surface area contributed by atoms with Crippen LogP contribution in [0.1, 0.15) is 47.2 Å². The largest absolute Gasteiger partial charge is 0.472 e. The number of nitrogen functional groups attached to an aromatic ring is 2. The zero-order valence-electron chi connectivity index (χ0n) is 34.0. The molecule has 6 heterocycles. The molecule has 0 spiro atoms. The Morgan fingerprint density at radius 1 is 1.05 bits per heavy atom. The van der Waals surface area contributed by atoms with Crippen LogP contribution in [0.5, 0.6) is 0 Å². The van der Waals surface area contributed by atoms with Gasteiger partial charge in [0, 0.05) is 23.9 Å². The number of hydrogen-bond donors (Lipinski definition) is 7. The van der Waals surface area contributed by atoms with Crippen LogP contribution < -0.4 is 22.5 Å². The molecule has 2 saturated heterocycles. The van der Waals surface area contributed by atoms with Crippen LogP contribution in [0.3, 0.4) is 0 Å². The molecule has 348 valence electrons. The van der Waals surface area contributed by atoms with Crippen molar-refractivity contribution < 1.29 is 66.3 Å². The number of fused-ring (bicyclic) bond motifs is 1. The van der Waals surface area contributed by atoms with Crippen molar-refractivity contribution >= 4 is 73.4 Å². The predicted octanol–water partition coefficient (Wildman–Crippen LogP) is 2.06. The molecule has 4 aromatic heterocycles. The quantitative estimate of drug-likeness (QED) is 0.0269. The number of aliphatic hydroxyl groups excluding tert-OH is 1. The number of anilines is 2. The number of aliphatic hydroxyl groups is 1. The van der Waals surface area contributed by atoms with Gasteiger partial charge in [-0.15, -0.1) is 29.7 Å². The number of carbonyl (C=O) groups excluding carboxylic acids is 2. The Morgan fingerprint density at radius 3 is 2.51 bits per heavy atom. The number of phosphoric ester groups is 2. The molecular formula is C36H42N10O15P2S2. The van der Waals surface area contributed by atoms with Crippen LogP contribution in [-0.4, -0.2) is 116 Å². The van der Waals surface area contributed by atoms with Gasteiger partial charge in [0.05, 0.1) is 31.0 Å². The van der Waals surface area contributed by atoms with Gasteiger partial charge in [0.2, 0.25) is 5.91 Å². The molecule has 1 amide bonds. The van der Waals surface area contributed by atoms with Crippen molar-refractivity contribution in [2.45, 2.75) is 73.7 Å². The van der Waals surface area contributed by atoms with Crippen LogP contribution in [0.2, 0.25) is 0 Å². The van der Waals surface area contributed by atoms with Gasteiger partial charge < -0.3 is 50.8 Å². The van der Waals surface area contributed by atoms with Gasteiger partial charge in [-0.1, -0.05) is 18.2 Å². The van der Waals surface area contributed by atoms with Gasteiger partial charge in [-0.05, 0) is 36.4 Å². The third-order valence-electron chi connectivity index (χ3n) is 9.86. The Labute approximate surface area is 376 Å². The van der Waals surface area contributed by atoms with Gasteiger partial charge in [0.25, 0.3) is 0 Å². The monoisotopic (exact) mass is 980 g/mol. The summed E-state index contributed by atoms with van der Waals surface area (Å²) in [6.07, 6.45) is -3.01. The van der Waals surface area contributed by atoms with E-state index in [9.17, 15) is 43.3 Å². The number of hydrogen-bond acceptors (Lipinski definition) is 21. The number of nitrogens with one attached hydrogen (secondary N) is 1. The van der Waals surface area contributed by atoms with Gasteiger partial charge in [0.1, 0.15) is 53.3 Å². The van der Waals surface area contributed by atoms with Crippen molar-refractivity contribution in [3.63, 3.8) is 0 Å². The molecule has 1 aromatic carbocycles. The number of ether oxygens (including phenoxy) is 3. The first-order valence-corrected chi connectivity index (χ1v) is 24.4. The maximum Gasteiger partial charge on any atom is 0.472 e. The zero-order chi connectivity index (χ0) is 46.6. The molecule has 2 fully saturated rings. The average molecular weight is 981 g/mol. The summed E-state index contributed by atoms with van der Waals surface area (Å²) in [4.78, 5) is 90.7. The molecule has 0 aliphatic carbocycles. The number of aromatic nitrogens is 7. The van der Waals surface area contributed by atoms with Gasteiger partial charge in [-0.3, -0.25) is 27.5 Å². The lowest BCUT2D eigenvalue weighted by Crippen LogP contribution is -2.38. The molecule has 8 atom stereocenters. The molecular weight excluding hydrogens is 939 g/mol. The predicted molar refractivity (Wildman–Crippen MR) is 230 cm³/mol. The third kappa shape index (κ3) is 11.5. The van der Waals surface area contributed by atoms with E-state index in [4.69, 9.17) is 34.7 Å². The van der Waals surface area contributed by atoms with E-state index >= 15 is 0 Å². The summed E-state index contributed by atoms with van der Waals surface area (Å²) in [6.45, 7) is 1.87. The van der Waals surface area contributed by atoms with Gasteiger partial charge in [0.15, 0.2) is 29.5 Å². The minimum absolute atomic E-state index is 0.0111. The number of imidazole rings is 1. The molecule has 0 saturated carbocycles. The number of thiazole rings is 1. The normalized spacial score (nSPS) is 23.1. The van der Waals surface area contributed by atoms with E-state index in [0.717, 1.165) is 27.1 Å². The Balaban J connectivity index is 1.15. The average Bonchev–Trinajstić information content (AvgIpc) is 4.05. The minimum Gasteiger partial charge on any atom is -0.452 e. The van der Waals surface area contributed by atoms with Crippen molar-refractivity contribution in [2.75, 3.05) is 30.9 Å². The van der Waals surface area contributed by atoms with Crippen molar-refractivity contribution in [1.82, 2.24) is 39.4 Å². The fraction of sp³-hybridized carbons (Fsp3) is 0.389. The van der Waals surface area contributed by atoms with Gasteiger partial charge in [-0.25, -0.2) is 38.7 Å². The van der Waals surface area contributed by atoms with Crippen molar-refractivity contribution in [1.29, 1.82) is 0 Å². The van der Waals surface area contributed by atoms with E-state index in [1.165, 1.54) is 34.9 Å². The zero-order valence-corrected chi connectivity index (χ0v) is 37.4. The lowest BCUT2D eigenvalue weighted by atomic mass is 10.1. The molecule has 4 unspecified atom stereocenters. The second kappa shape index (κ2) is 20.3. The number of esters is 1. The number of benzene rings is 1. The van der Waals surface area contributed by atoms with Crippen LogP contribution in [0.15, 0.2) is 71.5 Å². The van der Waals surface area contributed by atoms with Crippen LogP contribution in [0.25, 0.3) is 21.6 Å². The Hall–Kier alpha value is -4.99. The van der Waals surface area contributed by atoms with Gasteiger partial charge in [-0.2, -0.15) is 4.98 Å². The van der Waals surface area contributed by atoms with Gasteiger partial charge >= 0.3 is 27.3 Å². The maximum atomic E-state index is 14.3. The fourth-order valence-electron chi connectivity index (χ4n) is 6.79. The summed E-state index contributed by atoms with van der Waals surface area (Å²) in [6, 6.07) is 8.54. The number of amides is 1. The molecule has 2 aliphatic rings. The molecule has 7 rings (SSSR count). The number of phosphoric acid groups is 2. The highest BCUT2D eigenvalue weighted by Gasteiger charge is 2.50. The van der Waals surface area contributed by atoms with Crippen LogP contribution in [-0.2, 0) is 48.3 Å². The number of rotatable bonds is 19. The van der Waals surface area contributed by atoms with E-state index < -0.39 is 83.5 Å². The summed E-state index contributed by atoms with van der Waals surface area (Å²) < 4.78 is 60.7. The number of thioether (sulfide) groups is 1. The first-order valence-electron chi connectivity index (χ1n) is 19.3. The SMILES string of the molecule is C=CCCC(=O)NCc1nc(C(=O)OC2C(O)[C@H](n3cnc4c(N)ncnc43)O[C@@H]2COP(=O)(O)OC2C[C@H](n3ccc(N)nc3=O)O[C@@H]2COP(=O)(O)O)c(-c2ccc(SC)cc2)s1. The first kappa shape index (κ1) is 48.0. The number of nitrogens with two attached hydrogens (primary N) is 2. The smallest absolute Gasteiger partial charge is 0.452 e. The van der Waals surface area contributed by atoms with E-state index in [1.807, 2.05) is 18.4 Å². The molecule has 25 nitrogen and oxygen atoms in total. The summed E-state index contributed by atoms with van der Waals surface area (Å²) in [5.74, 6) is -1.39. The summed E-state index contributed by atoms with van der Waals surface area (Å²) >= 11 is 2.63. The fourth-order valence-corrected chi connectivity index (χ4v) is 9.50. The highest BCUT2D eigenvalue weighted by atomic mass is 32.2. The van der Waals surface area contributed by atoms with Crippen LogP contribution in [0.4, 0.5) is 11.6 Å². The second-order valence-corrected chi connectivity index (χ2v) is 18.8. The Kier molecular flexibility index (Phi) is 14.9. The molecule has 29 heteroatoms. The second-order valence-electron chi connectivity index (χ2n) is 14.2. The summed E-state index contributed by atoms with van der Waals surface area (Å²) in [5.41, 5.74) is 11.4. The van der Waals surface area contributed by atoms with Crippen molar-refractivity contribution in [3.05, 3.63) is 83.0 Å². The third-order valence-corrected chi connectivity index (χ3v) is 13.2. The van der Waals surface area contributed by atoms with Crippen LogP contribution >= 0.6 is 38.7 Å². The number of allylic oxidation sites excluding steroid dienone is 1. The van der Waals surface area contributed by atoms with Crippen molar-refractivity contribution in [2.24, 2.45) is 0 Å². The topological polar surface area (TPSA) is 360 Å². The molecule has 0 bridgehead atoms. The first-order chi connectivity index (χ1) is 30.9. The van der Waals surface area contributed by atoms with E-state index in [-0.39, 0.29) is 53.8 Å². The number of nitrogens with zero attached hydrogens (tertiary/aromatic N) is 7. The standard InChI is InChI=1S/C36H42N10O15P2S2/c1-3-4-5-24(47)39-13-25-44-27(31(65-25)18-6-8-19(64-2)9-7-18)35(49)60-30-22(59-34(29(30)48)46-17-42-28-32(38)40-16-41-33(28)46)15-57-63(54,55)61-20-12-26(45-11-10-23(37)43-36(45)50)58-21(20)14-56-62(51,52)53/h3,6-11,16-17,20-22,26,29-30,34,48H,1,4-5,12-15H2,2H3,(H,39,47)(H,54,55)(H2,37,43,50)(H2,38,40,41)(H2,51,52,53)/t20?,21-,22-,26-,29?,30?,34-/m1/s1. The molecule has 2 aliphatic heterocycles. The van der Waals surface area contributed by atoms with Crippen LogP contribution in [0, 0.1) is 0 Å².